The highest BCUT2D eigenvalue weighted by Crippen LogP contribution is 2.24. The quantitative estimate of drug-likeness (QED) is 0.767. The molecule has 1 amide bonds. The standard InChI is InChI=1S/C10H13FN2O3S/c1-2-8(10(13)14)17(15,16)9-5-6(11)3-4-7(9)12/h3-5,8H,2,12H2,1H3,(H2,13,14). The zero-order chi connectivity index (χ0) is 13.2. The van der Waals surface area contributed by atoms with Crippen LogP contribution < -0.4 is 11.5 Å². The van der Waals surface area contributed by atoms with E-state index >= 15 is 0 Å². The van der Waals surface area contributed by atoms with Crippen LogP contribution >= 0.6 is 0 Å². The van der Waals surface area contributed by atoms with Crippen LogP contribution in [0, 0.1) is 5.82 Å². The summed E-state index contributed by atoms with van der Waals surface area (Å²) in [5, 5.41) is -1.40. The summed E-state index contributed by atoms with van der Waals surface area (Å²) in [6.07, 6.45) is 0.00756. The lowest BCUT2D eigenvalue weighted by Crippen LogP contribution is -2.35. The van der Waals surface area contributed by atoms with Gasteiger partial charge in [-0.3, -0.25) is 4.79 Å². The Bertz CT molecular complexity index is 542. The summed E-state index contributed by atoms with van der Waals surface area (Å²) in [5.41, 5.74) is 10.4. The fourth-order valence-electron chi connectivity index (χ4n) is 1.48. The van der Waals surface area contributed by atoms with Gasteiger partial charge in [0.25, 0.3) is 0 Å². The van der Waals surface area contributed by atoms with Crippen molar-refractivity contribution in [3.8, 4) is 0 Å². The molecule has 5 nitrogen and oxygen atoms in total. The smallest absolute Gasteiger partial charge is 0.236 e. The maximum atomic E-state index is 13.0. The van der Waals surface area contributed by atoms with E-state index in [1.54, 1.807) is 0 Å². The summed E-state index contributed by atoms with van der Waals surface area (Å²) in [7, 11) is -4.04. The highest BCUT2D eigenvalue weighted by Gasteiger charge is 2.32. The highest BCUT2D eigenvalue weighted by atomic mass is 32.2. The van der Waals surface area contributed by atoms with Gasteiger partial charge in [0.15, 0.2) is 9.84 Å². The van der Waals surface area contributed by atoms with Crippen molar-refractivity contribution in [3.63, 3.8) is 0 Å². The minimum absolute atomic E-state index is 0.00756. The number of anilines is 1. The van der Waals surface area contributed by atoms with Gasteiger partial charge in [-0.25, -0.2) is 12.8 Å². The molecule has 1 aromatic rings. The van der Waals surface area contributed by atoms with Crippen LogP contribution in [0.15, 0.2) is 23.1 Å². The lowest BCUT2D eigenvalue weighted by molar-refractivity contribution is -0.117. The lowest BCUT2D eigenvalue weighted by atomic mass is 10.3. The van der Waals surface area contributed by atoms with Gasteiger partial charge in [-0.1, -0.05) is 6.92 Å². The summed E-state index contributed by atoms with van der Waals surface area (Å²) < 4.78 is 37.1. The summed E-state index contributed by atoms with van der Waals surface area (Å²) >= 11 is 0. The highest BCUT2D eigenvalue weighted by molar-refractivity contribution is 7.93. The molecule has 7 heteroatoms. The molecule has 0 aliphatic heterocycles. The third-order valence-electron chi connectivity index (χ3n) is 2.34. The monoisotopic (exact) mass is 260 g/mol. The van der Waals surface area contributed by atoms with Gasteiger partial charge in [0.05, 0.1) is 10.6 Å². The van der Waals surface area contributed by atoms with E-state index in [0.717, 1.165) is 18.2 Å². The van der Waals surface area contributed by atoms with Crippen LogP contribution in [0.4, 0.5) is 10.1 Å². The van der Waals surface area contributed by atoms with Crippen LogP contribution in [0.2, 0.25) is 0 Å². The van der Waals surface area contributed by atoms with Crippen molar-refractivity contribution in [2.75, 3.05) is 5.73 Å². The molecule has 0 spiro atoms. The van der Waals surface area contributed by atoms with Crippen molar-refractivity contribution >= 4 is 21.4 Å². The lowest BCUT2D eigenvalue weighted by Gasteiger charge is -2.14. The van der Waals surface area contributed by atoms with Gasteiger partial charge in [0, 0.05) is 0 Å². The number of carbonyl (C=O) groups is 1. The summed E-state index contributed by atoms with van der Waals surface area (Å²) in [6.45, 7) is 1.50. The van der Waals surface area contributed by atoms with Gasteiger partial charge < -0.3 is 11.5 Å². The molecule has 0 bridgehead atoms. The predicted octanol–water partition coefficient (Wildman–Crippen LogP) is 0.445. The molecule has 1 unspecified atom stereocenters. The van der Waals surface area contributed by atoms with Gasteiger partial charge in [0.2, 0.25) is 5.91 Å². The second-order valence-corrected chi connectivity index (χ2v) is 5.63. The SMILES string of the molecule is CCC(C(N)=O)S(=O)(=O)c1cc(F)ccc1N. The summed E-state index contributed by atoms with van der Waals surface area (Å²) in [4.78, 5) is 10.7. The van der Waals surface area contributed by atoms with Crippen LogP contribution in [0.3, 0.4) is 0 Å². The summed E-state index contributed by atoms with van der Waals surface area (Å²) in [5.74, 6) is -1.71. The van der Waals surface area contributed by atoms with Crippen molar-refractivity contribution in [2.45, 2.75) is 23.5 Å². The van der Waals surface area contributed by atoms with Gasteiger partial charge in [0.1, 0.15) is 11.1 Å². The number of nitrogens with two attached hydrogens (primary N) is 2. The number of hydrogen-bond acceptors (Lipinski definition) is 4. The van der Waals surface area contributed by atoms with E-state index in [9.17, 15) is 17.6 Å². The molecular weight excluding hydrogens is 247 g/mol. The molecule has 0 radical (unpaired) electrons. The molecule has 17 heavy (non-hydrogen) atoms. The molecule has 0 fully saturated rings. The number of sulfone groups is 1. The van der Waals surface area contributed by atoms with Gasteiger partial charge in [-0.2, -0.15) is 0 Å². The van der Waals surface area contributed by atoms with E-state index < -0.39 is 31.7 Å². The van der Waals surface area contributed by atoms with Crippen molar-refractivity contribution < 1.29 is 17.6 Å². The Morgan fingerprint density at radius 2 is 2.06 bits per heavy atom. The minimum Gasteiger partial charge on any atom is -0.398 e. The van der Waals surface area contributed by atoms with Crippen LogP contribution in [-0.4, -0.2) is 19.6 Å². The molecule has 1 aromatic carbocycles. The Morgan fingerprint density at radius 3 is 2.53 bits per heavy atom. The first-order valence-electron chi connectivity index (χ1n) is 4.89. The predicted molar refractivity (Wildman–Crippen MR) is 61.3 cm³/mol. The number of benzene rings is 1. The fourth-order valence-corrected chi connectivity index (χ4v) is 3.21. The van der Waals surface area contributed by atoms with Crippen LogP contribution in [0.1, 0.15) is 13.3 Å². The minimum atomic E-state index is -4.04. The molecule has 0 aliphatic carbocycles. The molecule has 0 heterocycles. The molecule has 1 rings (SSSR count). The summed E-state index contributed by atoms with van der Waals surface area (Å²) in [6, 6.07) is 2.96. The van der Waals surface area contributed by atoms with Crippen molar-refractivity contribution in [3.05, 3.63) is 24.0 Å². The fraction of sp³-hybridized carbons (Fsp3) is 0.300. The first kappa shape index (κ1) is 13.4. The molecule has 94 valence electrons. The Kier molecular flexibility index (Phi) is 3.72. The number of halogens is 1. The number of carbonyl (C=O) groups excluding carboxylic acids is 1. The van der Waals surface area contributed by atoms with E-state index in [1.807, 2.05) is 0 Å². The van der Waals surface area contributed by atoms with Gasteiger partial charge >= 0.3 is 0 Å². The number of primary amides is 1. The van der Waals surface area contributed by atoms with E-state index in [4.69, 9.17) is 11.5 Å². The molecule has 1 atom stereocenters. The third kappa shape index (κ3) is 2.55. The Labute approximate surface area is 98.5 Å². The van der Waals surface area contributed by atoms with Crippen LogP contribution in [-0.2, 0) is 14.6 Å². The number of nitrogen functional groups attached to an aromatic ring is 1. The zero-order valence-electron chi connectivity index (χ0n) is 9.18. The average molecular weight is 260 g/mol. The Balaban J connectivity index is 3.40. The topological polar surface area (TPSA) is 103 Å². The normalized spacial score (nSPS) is 13.3. The Morgan fingerprint density at radius 1 is 1.47 bits per heavy atom. The molecule has 0 aliphatic rings. The van der Waals surface area contributed by atoms with E-state index in [0.29, 0.717) is 0 Å². The van der Waals surface area contributed by atoms with Gasteiger partial charge in [-0.15, -0.1) is 0 Å². The second-order valence-electron chi connectivity index (χ2n) is 3.53. The third-order valence-corrected chi connectivity index (χ3v) is 4.63. The first-order chi connectivity index (χ1) is 7.80. The van der Waals surface area contributed by atoms with Crippen molar-refractivity contribution in [2.24, 2.45) is 5.73 Å². The van der Waals surface area contributed by atoms with E-state index in [1.165, 1.54) is 6.92 Å². The zero-order valence-corrected chi connectivity index (χ0v) is 10.00. The molecular formula is C10H13FN2O3S. The Hall–Kier alpha value is -1.63. The van der Waals surface area contributed by atoms with Crippen LogP contribution in [0.25, 0.3) is 0 Å². The number of amides is 1. The molecule has 0 saturated carbocycles. The van der Waals surface area contributed by atoms with Gasteiger partial charge in [-0.05, 0) is 24.6 Å². The molecule has 0 aromatic heterocycles. The first-order valence-corrected chi connectivity index (χ1v) is 6.43. The maximum Gasteiger partial charge on any atom is 0.236 e. The van der Waals surface area contributed by atoms with Crippen molar-refractivity contribution in [1.82, 2.24) is 0 Å². The molecule has 0 saturated heterocycles. The molecule has 4 N–H and O–H groups in total. The number of hydrogen-bond donors (Lipinski definition) is 2. The second kappa shape index (κ2) is 4.70. The maximum absolute atomic E-state index is 13.0. The van der Waals surface area contributed by atoms with E-state index in [-0.39, 0.29) is 12.1 Å². The number of rotatable bonds is 4. The van der Waals surface area contributed by atoms with Crippen LogP contribution in [0.5, 0.6) is 0 Å². The largest absolute Gasteiger partial charge is 0.398 e. The van der Waals surface area contributed by atoms with E-state index in [2.05, 4.69) is 0 Å². The van der Waals surface area contributed by atoms with Crippen molar-refractivity contribution in [1.29, 1.82) is 0 Å². The average Bonchev–Trinajstić information content (AvgIpc) is 2.21.